The van der Waals surface area contributed by atoms with Crippen LogP contribution in [0, 0.1) is 0 Å². The minimum absolute atomic E-state index is 0.669. The Hall–Kier alpha value is -2.48. The van der Waals surface area contributed by atoms with Crippen LogP contribution in [0.2, 0.25) is 19.6 Å². The van der Waals surface area contributed by atoms with Gasteiger partial charge in [-0.1, -0.05) is 0 Å². The standard InChI is InChI=1S/C29H29NOSiTe/c1-32(2,3)31-29(25-15-7-4-8-16-25,26-17-9-5-10-18-26)22-28(24-14-13-21-30-23-24)33-27-19-11-6-12-20-27/h4-23H,1-3H3/b28-22+. The Kier molecular flexibility index (Phi) is 7.62. The number of hydrogen-bond donors (Lipinski definition) is 0. The van der Waals surface area contributed by atoms with Gasteiger partial charge in [-0.05, 0) is 0 Å². The third-order valence-corrected chi connectivity index (χ3v) is 9.14. The second kappa shape index (κ2) is 10.6. The molecule has 3 aromatic carbocycles. The van der Waals surface area contributed by atoms with Gasteiger partial charge in [-0.25, -0.2) is 0 Å². The summed E-state index contributed by atoms with van der Waals surface area (Å²) in [5, 5.41) is 0. The molecular formula is C29H29NOSiTe. The van der Waals surface area contributed by atoms with Crippen LogP contribution in [0.25, 0.3) is 3.62 Å². The molecule has 1 aromatic heterocycles. The molecule has 0 aliphatic heterocycles. The van der Waals surface area contributed by atoms with E-state index >= 15 is 0 Å². The fourth-order valence-electron chi connectivity index (χ4n) is 3.82. The van der Waals surface area contributed by atoms with E-state index in [9.17, 15) is 0 Å². The summed E-state index contributed by atoms with van der Waals surface area (Å²) in [7, 11) is -1.96. The van der Waals surface area contributed by atoms with Crippen LogP contribution in [0.4, 0.5) is 0 Å². The fourth-order valence-corrected chi connectivity index (χ4v) is 7.96. The molecule has 33 heavy (non-hydrogen) atoms. The monoisotopic (exact) mass is 565 g/mol. The Balaban J connectivity index is 1.99. The first-order chi connectivity index (χ1) is 16.0. The molecule has 0 unspecified atom stereocenters. The van der Waals surface area contributed by atoms with E-state index in [1.54, 1.807) is 0 Å². The first kappa shape index (κ1) is 23.7. The zero-order chi connectivity index (χ0) is 23.2. The zero-order valence-corrected chi connectivity index (χ0v) is 22.6. The van der Waals surface area contributed by atoms with Crippen molar-refractivity contribution >= 4 is 36.5 Å². The van der Waals surface area contributed by atoms with Gasteiger partial charge in [0.15, 0.2) is 0 Å². The number of rotatable bonds is 8. The molecule has 2 nitrogen and oxygen atoms in total. The maximum absolute atomic E-state index is 7.15. The summed E-state index contributed by atoms with van der Waals surface area (Å²) in [6, 6.07) is 36.3. The molecule has 0 atom stereocenters. The van der Waals surface area contributed by atoms with Crippen molar-refractivity contribution in [2.75, 3.05) is 0 Å². The van der Waals surface area contributed by atoms with Crippen LogP contribution in [-0.2, 0) is 10.0 Å². The van der Waals surface area contributed by atoms with Crippen molar-refractivity contribution in [3.05, 3.63) is 138 Å². The van der Waals surface area contributed by atoms with Gasteiger partial charge in [0.25, 0.3) is 0 Å². The Morgan fingerprint density at radius 2 is 1.30 bits per heavy atom. The maximum atomic E-state index is 7.15. The van der Waals surface area contributed by atoms with E-state index in [2.05, 4.69) is 128 Å². The van der Waals surface area contributed by atoms with Crippen molar-refractivity contribution in [2.45, 2.75) is 25.2 Å². The molecule has 1 heterocycles. The average molecular weight is 563 g/mol. The van der Waals surface area contributed by atoms with Crippen molar-refractivity contribution in [1.82, 2.24) is 4.98 Å². The topological polar surface area (TPSA) is 22.1 Å². The van der Waals surface area contributed by atoms with Gasteiger partial charge in [-0.3, -0.25) is 0 Å². The average Bonchev–Trinajstić information content (AvgIpc) is 2.84. The van der Waals surface area contributed by atoms with E-state index < -0.39 is 34.8 Å². The van der Waals surface area contributed by atoms with E-state index in [0.717, 1.165) is 11.1 Å². The molecule has 0 saturated heterocycles. The molecule has 0 saturated carbocycles. The van der Waals surface area contributed by atoms with Gasteiger partial charge in [0.1, 0.15) is 0 Å². The SMILES string of the molecule is C[Si](C)(C)OC(/C=C(/[Te]c1ccccc1)c1cccnc1)(c1ccccc1)c1ccccc1. The van der Waals surface area contributed by atoms with E-state index in [4.69, 9.17) is 4.43 Å². The van der Waals surface area contributed by atoms with Crippen LogP contribution in [-0.4, -0.2) is 34.2 Å². The molecule has 0 aliphatic rings. The normalized spacial score (nSPS) is 12.5. The van der Waals surface area contributed by atoms with Crippen LogP contribution in [0.15, 0.2) is 122 Å². The van der Waals surface area contributed by atoms with Crippen LogP contribution in [0.5, 0.6) is 0 Å². The number of hydrogen-bond acceptors (Lipinski definition) is 2. The fraction of sp³-hybridized carbons (Fsp3) is 0.138. The van der Waals surface area contributed by atoms with Crippen molar-refractivity contribution < 1.29 is 4.43 Å². The number of pyridine rings is 1. The third kappa shape index (κ3) is 6.10. The van der Waals surface area contributed by atoms with Gasteiger partial charge < -0.3 is 0 Å². The number of benzene rings is 3. The van der Waals surface area contributed by atoms with Crippen LogP contribution < -0.4 is 3.61 Å². The predicted octanol–water partition coefficient (Wildman–Crippen LogP) is 6.25. The third-order valence-electron chi connectivity index (χ3n) is 5.12. The van der Waals surface area contributed by atoms with Gasteiger partial charge in [-0.2, -0.15) is 0 Å². The zero-order valence-electron chi connectivity index (χ0n) is 19.3. The van der Waals surface area contributed by atoms with Gasteiger partial charge >= 0.3 is 209 Å². The number of nitrogens with zero attached hydrogens (tertiary/aromatic N) is 1. The second-order valence-corrected chi connectivity index (χ2v) is 16.5. The van der Waals surface area contributed by atoms with E-state index in [1.807, 2.05) is 18.5 Å². The van der Waals surface area contributed by atoms with Crippen LogP contribution in [0.3, 0.4) is 0 Å². The Morgan fingerprint density at radius 1 is 0.758 bits per heavy atom. The van der Waals surface area contributed by atoms with Crippen molar-refractivity contribution in [3.8, 4) is 0 Å². The quantitative estimate of drug-likeness (QED) is 0.237. The van der Waals surface area contributed by atoms with E-state index in [-0.39, 0.29) is 0 Å². The Morgan fingerprint density at radius 3 is 1.79 bits per heavy atom. The van der Waals surface area contributed by atoms with Crippen molar-refractivity contribution in [1.29, 1.82) is 0 Å². The molecule has 0 spiro atoms. The molecule has 0 amide bonds. The summed E-state index contributed by atoms with van der Waals surface area (Å²) in [6.45, 7) is 6.79. The molecule has 4 heteroatoms. The van der Waals surface area contributed by atoms with Crippen LogP contribution in [0.1, 0.15) is 16.7 Å². The first-order valence-electron chi connectivity index (χ1n) is 11.1. The first-order valence-corrected chi connectivity index (χ1v) is 16.9. The molecule has 0 N–H and O–H groups in total. The summed E-state index contributed by atoms with van der Waals surface area (Å²) in [5.74, 6) is 0. The molecule has 0 bridgehead atoms. The Bertz CT molecular complexity index is 1130. The van der Waals surface area contributed by atoms with Gasteiger partial charge in [0.2, 0.25) is 0 Å². The number of aromatic nitrogens is 1. The summed E-state index contributed by atoms with van der Waals surface area (Å²) >= 11 is -0.681. The molecular weight excluding hydrogens is 534 g/mol. The van der Waals surface area contributed by atoms with Crippen LogP contribution >= 0.6 is 0 Å². The van der Waals surface area contributed by atoms with Gasteiger partial charge in [-0.15, -0.1) is 0 Å². The molecule has 4 rings (SSSR count). The summed E-state index contributed by atoms with van der Waals surface area (Å²) < 4.78 is 9.86. The molecule has 0 radical (unpaired) electrons. The second-order valence-electron chi connectivity index (χ2n) is 8.85. The van der Waals surface area contributed by atoms with Gasteiger partial charge in [0, 0.05) is 0 Å². The molecule has 0 fully saturated rings. The Labute approximate surface area is 208 Å². The minimum atomic E-state index is -1.96. The van der Waals surface area contributed by atoms with Gasteiger partial charge in [0.05, 0.1) is 0 Å². The predicted molar refractivity (Wildman–Crippen MR) is 142 cm³/mol. The summed E-state index contributed by atoms with van der Waals surface area (Å²) in [4.78, 5) is 4.45. The van der Waals surface area contributed by atoms with E-state index in [1.165, 1.54) is 12.8 Å². The van der Waals surface area contributed by atoms with Crippen molar-refractivity contribution in [2.24, 2.45) is 0 Å². The summed E-state index contributed by atoms with van der Waals surface area (Å²) in [5.41, 5.74) is 2.80. The molecule has 166 valence electrons. The molecule has 0 aliphatic carbocycles. The molecule has 4 aromatic rings. The van der Waals surface area contributed by atoms with Crippen molar-refractivity contribution in [3.63, 3.8) is 0 Å². The van der Waals surface area contributed by atoms with E-state index in [0.29, 0.717) is 0 Å². The summed E-state index contributed by atoms with van der Waals surface area (Å²) in [6.07, 6.45) is 6.21.